The highest BCUT2D eigenvalue weighted by Crippen LogP contribution is 2.17. The van der Waals surface area contributed by atoms with E-state index < -0.39 is 0 Å². The van der Waals surface area contributed by atoms with Gasteiger partial charge in [0.15, 0.2) is 0 Å². The molecule has 0 unspecified atom stereocenters. The van der Waals surface area contributed by atoms with Crippen LogP contribution < -0.4 is 5.32 Å². The van der Waals surface area contributed by atoms with E-state index in [4.69, 9.17) is 0 Å². The van der Waals surface area contributed by atoms with Crippen molar-refractivity contribution in [1.29, 1.82) is 0 Å². The van der Waals surface area contributed by atoms with Crippen LogP contribution in [-0.4, -0.2) is 23.1 Å². The Labute approximate surface area is 117 Å². The molecule has 4 heteroatoms. The maximum Gasteiger partial charge on any atom is 0.106 e. The summed E-state index contributed by atoms with van der Waals surface area (Å²) in [6.07, 6.45) is 5.19. The standard InChI is InChI=1S/C9H9BrN2.C5H11N/c1-2-9-11-7-4-3-6(10)5-8(7)12-9;1-6-5-3-2-4-5/h3-5H,2H2,1H3,(H,11,12);5-6H,2-4H2,1H3. The molecule has 0 bridgehead atoms. The summed E-state index contributed by atoms with van der Waals surface area (Å²) in [5.74, 6) is 1.04. The predicted octanol–water partition coefficient (Wildman–Crippen LogP) is 3.65. The molecule has 0 saturated heterocycles. The predicted molar refractivity (Wildman–Crippen MR) is 79.9 cm³/mol. The molecule has 0 amide bonds. The van der Waals surface area contributed by atoms with Crippen molar-refractivity contribution in [3.05, 3.63) is 28.5 Å². The van der Waals surface area contributed by atoms with Crippen LogP contribution in [0, 0.1) is 0 Å². The molecule has 3 nitrogen and oxygen atoms in total. The highest BCUT2D eigenvalue weighted by molar-refractivity contribution is 9.10. The van der Waals surface area contributed by atoms with Crippen molar-refractivity contribution in [2.45, 2.75) is 38.6 Å². The minimum absolute atomic E-state index is 0.866. The zero-order chi connectivity index (χ0) is 13.0. The van der Waals surface area contributed by atoms with E-state index in [1.54, 1.807) is 0 Å². The average Bonchev–Trinajstić information content (AvgIpc) is 2.70. The number of imidazole rings is 1. The summed E-state index contributed by atoms with van der Waals surface area (Å²) in [6.45, 7) is 2.09. The maximum absolute atomic E-state index is 4.40. The lowest BCUT2D eigenvalue weighted by Gasteiger charge is -2.23. The largest absolute Gasteiger partial charge is 0.342 e. The van der Waals surface area contributed by atoms with Gasteiger partial charge in [0, 0.05) is 16.9 Å². The van der Waals surface area contributed by atoms with Gasteiger partial charge in [-0.3, -0.25) is 0 Å². The number of nitrogens with zero attached hydrogens (tertiary/aromatic N) is 1. The van der Waals surface area contributed by atoms with Gasteiger partial charge in [-0.15, -0.1) is 0 Å². The minimum atomic E-state index is 0.866. The number of rotatable bonds is 2. The Morgan fingerprint density at radius 3 is 2.72 bits per heavy atom. The number of H-pyrrole nitrogens is 1. The molecule has 2 aromatic rings. The van der Waals surface area contributed by atoms with Crippen LogP contribution in [0.25, 0.3) is 11.0 Å². The molecule has 1 aliphatic rings. The lowest BCUT2D eigenvalue weighted by atomic mass is 9.94. The number of benzene rings is 1. The molecule has 2 N–H and O–H groups in total. The number of fused-ring (bicyclic) bond motifs is 1. The van der Waals surface area contributed by atoms with Gasteiger partial charge in [-0.2, -0.15) is 0 Å². The Bertz CT molecular complexity index is 500. The number of nitrogens with one attached hydrogen (secondary N) is 2. The molecular formula is C14H20BrN3. The SMILES string of the molecule is CCc1nc2ccc(Br)cc2[nH]1.CNC1CCC1. The second-order valence-corrected chi connectivity index (χ2v) is 5.53. The first-order valence-corrected chi connectivity index (χ1v) is 7.33. The van der Waals surface area contributed by atoms with Crippen LogP contribution in [0.5, 0.6) is 0 Å². The first-order valence-electron chi connectivity index (χ1n) is 6.54. The molecule has 1 saturated carbocycles. The highest BCUT2D eigenvalue weighted by atomic mass is 79.9. The van der Waals surface area contributed by atoms with Crippen LogP contribution in [0.15, 0.2) is 22.7 Å². The monoisotopic (exact) mass is 309 g/mol. The number of halogens is 1. The summed E-state index contributed by atoms with van der Waals surface area (Å²) in [4.78, 5) is 7.64. The van der Waals surface area contributed by atoms with Gasteiger partial charge in [-0.1, -0.05) is 29.3 Å². The Morgan fingerprint density at radius 2 is 2.22 bits per heavy atom. The number of aromatic nitrogens is 2. The maximum atomic E-state index is 4.40. The van der Waals surface area contributed by atoms with Gasteiger partial charge in [-0.25, -0.2) is 4.98 Å². The Hall–Kier alpha value is -0.870. The van der Waals surface area contributed by atoms with Gasteiger partial charge < -0.3 is 10.3 Å². The van der Waals surface area contributed by atoms with Crippen LogP contribution in [0.3, 0.4) is 0 Å². The molecule has 1 heterocycles. The van der Waals surface area contributed by atoms with Crippen molar-refractivity contribution in [1.82, 2.24) is 15.3 Å². The van der Waals surface area contributed by atoms with Gasteiger partial charge in [0.1, 0.15) is 5.82 Å². The van der Waals surface area contributed by atoms with E-state index >= 15 is 0 Å². The fourth-order valence-electron chi connectivity index (χ4n) is 1.90. The van der Waals surface area contributed by atoms with Crippen LogP contribution in [0.2, 0.25) is 0 Å². The van der Waals surface area contributed by atoms with E-state index in [0.29, 0.717) is 0 Å². The van der Waals surface area contributed by atoms with E-state index in [-0.39, 0.29) is 0 Å². The molecule has 98 valence electrons. The summed E-state index contributed by atoms with van der Waals surface area (Å²) in [6, 6.07) is 6.92. The van der Waals surface area contributed by atoms with Gasteiger partial charge in [-0.05, 0) is 38.1 Å². The second kappa shape index (κ2) is 6.34. The molecule has 1 fully saturated rings. The lowest BCUT2D eigenvalue weighted by molar-refractivity contribution is 0.361. The quantitative estimate of drug-likeness (QED) is 0.889. The summed E-state index contributed by atoms with van der Waals surface area (Å²) >= 11 is 3.42. The number of hydrogen-bond donors (Lipinski definition) is 2. The number of hydrogen-bond acceptors (Lipinski definition) is 2. The van der Waals surface area contributed by atoms with Crippen molar-refractivity contribution in [2.24, 2.45) is 0 Å². The summed E-state index contributed by atoms with van der Waals surface area (Å²) in [7, 11) is 2.03. The number of aromatic amines is 1. The topological polar surface area (TPSA) is 40.7 Å². The molecule has 1 aromatic heterocycles. The molecule has 0 atom stereocenters. The molecule has 1 aliphatic carbocycles. The zero-order valence-electron chi connectivity index (χ0n) is 11.0. The van der Waals surface area contributed by atoms with E-state index in [2.05, 4.69) is 38.1 Å². The van der Waals surface area contributed by atoms with Crippen LogP contribution >= 0.6 is 15.9 Å². The van der Waals surface area contributed by atoms with Crippen molar-refractivity contribution in [3.63, 3.8) is 0 Å². The van der Waals surface area contributed by atoms with Crippen molar-refractivity contribution >= 4 is 27.0 Å². The third-order valence-corrected chi connectivity index (χ3v) is 3.83. The highest BCUT2D eigenvalue weighted by Gasteiger charge is 2.13. The van der Waals surface area contributed by atoms with Crippen LogP contribution in [0.4, 0.5) is 0 Å². The molecular weight excluding hydrogens is 290 g/mol. The van der Waals surface area contributed by atoms with E-state index in [1.165, 1.54) is 19.3 Å². The van der Waals surface area contributed by atoms with Crippen molar-refractivity contribution in [3.8, 4) is 0 Å². The van der Waals surface area contributed by atoms with Crippen molar-refractivity contribution in [2.75, 3.05) is 7.05 Å². The third kappa shape index (κ3) is 3.33. The zero-order valence-corrected chi connectivity index (χ0v) is 12.5. The Kier molecular flexibility index (Phi) is 4.78. The fourth-order valence-corrected chi connectivity index (χ4v) is 2.26. The van der Waals surface area contributed by atoms with Gasteiger partial charge >= 0.3 is 0 Å². The first-order chi connectivity index (χ1) is 8.72. The minimum Gasteiger partial charge on any atom is -0.342 e. The normalized spacial score (nSPS) is 15.1. The molecule has 3 rings (SSSR count). The molecule has 0 spiro atoms. The average molecular weight is 310 g/mol. The second-order valence-electron chi connectivity index (χ2n) is 4.62. The summed E-state index contributed by atoms with van der Waals surface area (Å²) < 4.78 is 1.08. The first kappa shape index (κ1) is 13.6. The van der Waals surface area contributed by atoms with E-state index in [1.807, 2.05) is 25.2 Å². The van der Waals surface area contributed by atoms with Crippen LogP contribution in [-0.2, 0) is 6.42 Å². The van der Waals surface area contributed by atoms with E-state index in [0.717, 1.165) is 33.8 Å². The van der Waals surface area contributed by atoms with Crippen molar-refractivity contribution < 1.29 is 0 Å². The molecule has 0 radical (unpaired) electrons. The lowest BCUT2D eigenvalue weighted by Crippen LogP contribution is -2.31. The summed E-state index contributed by atoms with van der Waals surface area (Å²) in [5, 5.41) is 3.20. The van der Waals surface area contributed by atoms with E-state index in [9.17, 15) is 0 Å². The number of aryl methyl sites for hydroxylation is 1. The molecule has 1 aromatic carbocycles. The third-order valence-electron chi connectivity index (χ3n) is 3.34. The Morgan fingerprint density at radius 1 is 1.44 bits per heavy atom. The van der Waals surface area contributed by atoms with Gasteiger partial charge in [0.05, 0.1) is 11.0 Å². The van der Waals surface area contributed by atoms with Crippen LogP contribution in [0.1, 0.15) is 32.0 Å². The van der Waals surface area contributed by atoms with Gasteiger partial charge in [0.25, 0.3) is 0 Å². The summed E-state index contributed by atoms with van der Waals surface area (Å²) in [5.41, 5.74) is 2.14. The molecule has 0 aliphatic heterocycles. The smallest absolute Gasteiger partial charge is 0.106 e. The fraction of sp³-hybridized carbons (Fsp3) is 0.500. The molecule has 18 heavy (non-hydrogen) atoms. The Balaban J connectivity index is 0.000000169. The van der Waals surface area contributed by atoms with Gasteiger partial charge in [0.2, 0.25) is 0 Å².